The lowest BCUT2D eigenvalue weighted by Gasteiger charge is -2.04. The molecule has 20 heavy (non-hydrogen) atoms. The van der Waals surface area contributed by atoms with Crippen molar-refractivity contribution in [2.24, 2.45) is 4.99 Å². The number of benzene rings is 2. The molecule has 0 aromatic heterocycles. The van der Waals surface area contributed by atoms with Crippen molar-refractivity contribution in [1.82, 2.24) is 0 Å². The summed E-state index contributed by atoms with van der Waals surface area (Å²) in [6, 6.07) is 8.27. The maximum absolute atomic E-state index is 10.9. The van der Waals surface area contributed by atoms with Gasteiger partial charge < -0.3 is 5.11 Å². The third kappa shape index (κ3) is 3.18. The lowest BCUT2D eigenvalue weighted by Crippen LogP contribution is -1.91. The third-order valence-electron chi connectivity index (χ3n) is 2.69. The molecule has 0 unspecified atom stereocenters. The Labute approximate surface area is 126 Å². The number of aliphatic imine (C=N–C) groups is 1. The van der Waals surface area contributed by atoms with Gasteiger partial charge in [-0.05, 0) is 42.8 Å². The predicted molar refractivity (Wildman–Crippen MR) is 81.9 cm³/mol. The van der Waals surface area contributed by atoms with Crippen LogP contribution in [0.4, 0.5) is 5.69 Å². The molecule has 0 aliphatic carbocycles. The Morgan fingerprint density at radius 3 is 2.50 bits per heavy atom. The van der Waals surface area contributed by atoms with Gasteiger partial charge in [-0.3, -0.25) is 9.79 Å². The predicted octanol–water partition coefficient (Wildman–Crippen LogP) is 4.57. The fraction of sp³-hybridized carbons (Fsp3) is 0.0667. The van der Waals surface area contributed by atoms with E-state index in [9.17, 15) is 9.90 Å². The molecule has 0 aliphatic rings. The van der Waals surface area contributed by atoms with Gasteiger partial charge in [0.1, 0.15) is 5.75 Å². The van der Waals surface area contributed by atoms with Gasteiger partial charge in [-0.15, -0.1) is 0 Å². The first-order valence-corrected chi connectivity index (χ1v) is 6.55. The van der Waals surface area contributed by atoms with E-state index in [1.165, 1.54) is 6.21 Å². The number of carbonyl (C=O) groups excluding carboxylic acids is 1. The Kier molecular flexibility index (Phi) is 4.42. The van der Waals surface area contributed by atoms with Crippen LogP contribution in [0.25, 0.3) is 0 Å². The van der Waals surface area contributed by atoms with Crippen molar-refractivity contribution >= 4 is 41.4 Å². The molecule has 2 rings (SSSR count). The van der Waals surface area contributed by atoms with E-state index in [0.29, 0.717) is 27.6 Å². The molecule has 0 heterocycles. The summed E-state index contributed by atoms with van der Waals surface area (Å²) in [7, 11) is 0. The second kappa shape index (κ2) is 6.07. The van der Waals surface area contributed by atoms with Gasteiger partial charge >= 0.3 is 0 Å². The summed E-state index contributed by atoms with van der Waals surface area (Å²) < 4.78 is 0. The lowest BCUT2D eigenvalue weighted by atomic mass is 10.1. The fourth-order valence-electron chi connectivity index (χ4n) is 1.75. The first kappa shape index (κ1) is 14.6. The highest BCUT2D eigenvalue weighted by Crippen LogP contribution is 2.28. The van der Waals surface area contributed by atoms with E-state index in [-0.39, 0.29) is 11.3 Å². The maximum Gasteiger partial charge on any atom is 0.153 e. The van der Waals surface area contributed by atoms with Gasteiger partial charge in [0, 0.05) is 16.8 Å². The number of aldehydes is 1. The molecule has 0 amide bonds. The van der Waals surface area contributed by atoms with Crippen molar-refractivity contribution in [1.29, 1.82) is 0 Å². The zero-order chi connectivity index (χ0) is 14.7. The molecule has 0 fully saturated rings. The van der Waals surface area contributed by atoms with E-state index >= 15 is 0 Å². The topological polar surface area (TPSA) is 49.7 Å². The molecule has 3 nitrogen and oxygen atoms in total. The monoisotopic (exact) mass is 307 g/mol. The second-order valence-corrected chi connectivity index (χ2v) is 5.11. The molecule has 0 saturated carbocycles. The minimum absolute atomic E-state index is 0.0977. The molecule has 0 saturated heterocycles. The number of rotatable bonds is 3. The molecule has 0 spiro atoms. The van der Waals surface area contributed by atoms with E-state index in [0.717, 1.165) is 5.56 Å². The van der Waals surface area contributed by atoms with Gasteiger partial charge in [-0.1, -0.05) is 23.2 Å². The zero-order valence-electron chi connectivity index (χ0n) is 10.6. The van der Waals surface area contributed by atoms with E-state index in [4.69, 9.17) is 23.2 Å². The van der Waals surface area contributed by atoms with Crippen molar-refractivity contribution in [3.8, 4) is 5.75 Å². The van der Waals surface area contributed by atoms with Crippen molar-refractivity contribution in [2.75, 3.05) is 0 Å². The molecular formula is C15H11Cl2NO2. The summed E-state index contributed by atoms with van der Waals surface area (Å²) in [5.74, 6) is -0.0977. The Morgan fingerprint density at radius 1 is 1.15 bits per heavy atom. The summed E-state index contributed by atoms with van der Waals surface area (Å²) in [6.45, 7) is 1.83. The normalized spacial score (nSPS) is 10.9. The number of hydrogen-bond donors (Lipinski definition) is 1. The van der Waals surface area contributed by atoms with E-state index in [2.05, 4.69) is 4.99 Å². The second-order valence-electron chi connectivity index (χ2n) is 4.26. The SMILES string of the molecule is Cc1cc(C=O)c(O)c(C=Nc2ccc(Cl)cc2Cl)c1. The van der Waals surface area contributed by atoms with Crippen LogP contribution < -0.4 is 0 Å². The zero-order valence-corrected chi connectivity index (χ0v) is 12.1. The van der Waals surface area contributed by atoms with E-state index in [1.54, 1.807) is 30.3 Å². The number of aryl methyl sites for hydroxylation is 1. The first-order chi connectivity index (χ1) is 9.51. The lowest BCUT2D eigenvalue weighted by molar-refractivity contribution is 0.112. The number of aromatic hydroxyl groups is 1. The van der Waals surface area contributed by atoms with Crippen molar-refractivity contribution in [2.45, 2.75) is 6.92 Å². The largest absolute Gasteiger partial charge is 0.507 e. The van der Waals surface area contributed by atoms with Gasteiger partial charge in [0.25, 0.3) is 0 Å². The Morgan fingerprint density at radius 2 is 1.85 bits per heavy atom. The Balaban J connectivity index is 2.41. The van der Waals surface area contributed by atoms with Crippen molar-refractivity contribution < 1.29 is 9.90 Å². The first-order valence-electron chi connectivity index (χ1n) is 5.79. The molecular weight excluding hydrogens is 297 g/mol. The third-order valence-corrected chi connectivity index (χ3v) is 3.23. The van der Waals surface area contributed by atoms with Crippen LogP contribution in [0.2, 0.25) is 10.0 Å². The molecule has 0 atom stereocenters. The van der Waals surface area contributed by atoms with Gasteiger partial charge in [0.05, 0.1) is 16.3 Å². The Bertz CT molecular complexity index is 697. The standard InChI is InChI=1S/C15H11Cl2NO2/c1-9-4-10(15(20)11(5-9)8-19)7-18-14-3-2-12(16)6-13(14)17/h2-8,20H,1H3. The highest BCUT2D eigenvalue weighted by Gasteiger charge is 2.06. The van der Waals surface area contributed by atoms with Crippen LogP contribution >= 0.6 is 23.2 Å². The highest BCUT2D eigenvalue weighted by molar-refractivity contribution is 6.36. The van der Waals surface area contributed by atoms with Crippen LogP contribution in [-0.4, -0.2) is 17.6 Å². The summed E-state index contributed by atoms with van der Waals surface area (Å²) in [5, 5.41) is 10.9. The van der Waals surface area contributed by atoms with Crippen molar-refractivity contribution in [3.05, 3.63) is 57.1 Å². The number of carbonyl (C=O) groups is 1. The van der Waals surface area contributed by atoms with Gasteiger partial charge in [-0.2, -0.15) is 0 Å². The average Bonchev–Trinajstić information content (AvgIpc) is 2.41. The summed E-state index contributed by atoms with van der Waals surface area (Å²) in [6.07, 6.45) is 2.07. The average molecular weight is 308 g/mol. The van der Waals surface area contributed by atoms with E-state index < -0.39 is 0 Å². The van der Waals surface area contributed by atoms with Crippen LogP contribution in [-0.2, 0) is 0 Å². The number of nitrogens with zero attached hydrogens (tertiary/aromatic N) is 1. The molecule has 2 aromatic rings. The number of hydrogen-bond acceptors (Lipinski definition) is 3. The van der Waals surface area contributed by atoms with Crippen LogP contribution in [0.3, 0.4) is 0 Å². The molecule has 1 N–H and O–H groups in total. The molecule has 5 heteroatoms. The summed E-state index contributed by atoms with van der Waals surface area (Å²) in [4.78, 5) is 15.1. The molecule has 0 bridgehead atoms. The molecule has 0 aliphatic heterocycles. The number of phenols is 1. The van der Waals surface area contributed by atoms with Crippen molar-refractivity contribution in [3.63, 3.8) is 0 Å². The molecule has 102 valence electrons. The van der Waals surface area contributed by atoms with Crippen LogP contribution in [0.15, 0.2) is 35.3 Å². The smallest absolute Gasteiger partial charge is 0.153 e. The highest BCUT2D eigenvalue weighted by atomic mass is 35.5. The number of phenolic OH excluding ortho intramolecular Hbond substituents is 1. The quantitative estimate of drug-likeness (QED) is 0.667. The van der Waals surface area contributed by atoms with Gasteiger partial charge in [0.2, 0.25) is 0 Å². The van der Waals surface area contributed by atoms with Crippen LogP contribution in [0.1, 0.15) is 21.5 Å². The van der Waals surface area contributed by atoms with Crippen LogP contribution in [0.5, 0.6) is 5.75 Å². The minimum Gasteiger partial charge on any atom is -0.507 e. The van der Waals surface area contributed by atoms with E-state index in [1.807, 2.05) is 6.92 Å². The summed E-state index contributed by atoms with van der Waals surface area (Å²) in [5.41, 5.74) is 2.07. The number of halogens is 2. The van der Waals surface area contributed by atoms with Gasteiger partial charge in [-0.25, -0.2) is 0 Å². The van der Waals surface area contributed by atoms with Crippen LogP contribution in [0, 0.1) is 6.92 Å². The minimum atomic E-state index is -0.0977. The molecule has 2 aromatic carbocycles. The molecule has 0 radical (unpaired) electrons. The summed E-state index contributed by atoms with van der Waals surface area (Å²) >= 11 is 11.8. The van der Waals surface area contributed by atoms with Gasteiger partial charge in [0.15, 0.2) is 6.29 Å². The maximum atomic E-state index is 10.9. The fourth-order valence-corrected chi connectivity index (χ4v) is 2.21. The Hall–Kier alpha value is -1.84.